The fourth-order valence-corrected chi connectivity index (χ4v) is 2.89. The smallest absolute Gasteiger partial charge is 0.295 e. The van der Waals surface area contributed by atoms with Gasteiger partial charge in [0.15, 0.2) is 18.1 Å². The third kappa shape index (κ3) is 3.99. The van der Waals surface area contributed by atoms with E-state index in [9.17, 15) is 9.59 Å². The zero-order valence-corrected chi connectivity index (χ0v) is 16.3. The summed E-state index contributed by atoms with van der Waals surface area (Å²) in [4.78, 5) is 25.2. The number of para-hydroxylation sites is 1. The lowest BCUT2D eigenvalue weighted by Gasteiger charge is -2.10. The van der Waals surface area contributed by atoms with Crippen LogP contribution in [0.3, 0.4) is 0 Å². The van der Waals surface area contributed by atoms with E-state index in [1.165, 1.54) is 17.9 Å². The predicted octanol–water partition coefficient (Wildman–Crippen LogP) is 2.38. The lowest BCUT2D eigenvalue weighted by Crippen LogP contribution is -2.25. The topological polar surface area (TPSA) is 98.3 Å². The molecule has 0 aliphatic heterocycles. The van der Waals surface area contributed by atoms with Crippen molar-refractivity contribution in [1.82, 2.24) is 9.36 Å². The van der Waals surface area contributed by atoms with Crippen molar-refractivity contribution in [2.45, 2.75) is 6.92 Å². The van der Waals surface area contributed by atoms with Crippen LogP contribution in [0.2, 0.25) is 0 Å². The molecule has 1 aromatic heterocycles. The Morgan fingerprint density at radius 1 is 1.17 bits per heavy atom. The molecule has 1 N–H and O–H groups in total. The van der Waals surface area contributed by atoms with Gasteiger partial charge in [0.2, 0.25) is 0 Å². The second kappa shape index (κ2) is 8.35. The number of rotatable bonds is 6. The summed E-state index contributed by atoms with van der Waals surface area (Å²) in [7, 11) is 3.19. The lowest BCUT2D eigenvalue weighted by molar-refractivity contribution is -0.118. The number of hydrogen-bond acceptors (Lipinski definition) is 5. The molecule has 0 saturated heterocycles. The summed E-state index contributed by atoms with van der Waals surface area (Å²) >= 11 is 0. The van der Waals surface area contributed by atoms with Crippen molar-refractivity contribution in [1.29, 1.82) is 5.26 Å². The summed E-state index contributed by atoms with van der Waals surface area (Å²) in [5, 5.41) is 11.6. The zero-order valence-electron chi connectivity index (χ0n) is 16.3. The van der Waals surface area contributed by atoms with Crippen LogP contribution in [0.25, 0.3) is 5.69 Å². The van der Waals surface area contributed by atoms with Gasteiger partial charge >= 0.3 is 0 Å². The molecule has 0 aliphatic carbocycles. The van der Waals surface area contributed by atoms with Crippen LogP contribution in [0.15, 0.2) is 53.3 Å². The molecule has 0 fully saturated rings. The maximum atomic E-state index is 12.8. The molecule has 0 radical (unpaired) electrons. The number of nitrogens with zero attached hydrogens (tertiary/aromatic N) is 3. The van der Waals surface area contributed by atoms with Crippen LogP contribution in [-0.4, -0.2) is 29.0 Å². The van der Waals surface area contributed by atoms with Crippen LogP contribution in [0.4, 0.5) is 5.69 Å². The van der Waals surface area contributed by atoms with Crippen LogP contribution in [-0.2, 0) is 11.8 Å². The first kappa shape index (κ1) is 19.8. The molecule has 1 heterocycles. The second-order valence-electron chi connectivity index (χ2n) is 6.25. The number of nitriles is 1. The number of benzene rings is 2. The molecule has 2 aromatic carbocycles. The molecule has 0 unspecified atom stereocenters. The molecule has 0 atom stereocenters. The van der Waals surface area contributed by atoms with Crippen LogP contribution in [0.1, 0.15) is 11.3 Å². The molecular formula is C21H20N4O4. The van der Waals surface area contributed by atoms with Crippen molar-refractivity contribution < 1.29 is 14.3 Å². The SMILES string of the molecule is COc1cc(C#N)ccc1OCC(=O)Nc1c(C)n(C)n(-c2ccccc2)c1=O. The number of carbonyl (C=O) groups is 1. The fourth-order valence-electron chi connectivity index (χ4n) is 2.89. The largest absolute Gasteiger partial charge is 0.493 e. The molecule has 0 bridgehead atoms. The van der Waals surface area contributed by atoms with Crippen molar-refractivity contribution in [3.05, 3.63) is 70.1 Å². The highest BCUT2D eigenvalue weighted by Gasteiger charge is 2.18. The number of methoxy groups -OCH3 is 1. The van der Waals surface area contributed by atoms with Gasteiger partial charge < -0.3 is 14.8 Å². The number of ether oxygens (including phenoxy) is 2. The van der Waals surface area contributed by atoms with Gasteiger partial charge in [-0.15, -0.1) is 0 Å². The number of amides is 1. The van der Waals surface area contributed by atoms with E-state index in [-0.39, 0.29) is 17.9 Å². The van der Waals surface area contributed by atoms with Crippen LogP contribution in [0.5, 0.6) is 11.5 Å². The van der Waals surface area contributed by atoms with Crippen LogP contribution >= 0.6 is 0 Å². The third-order valence-corrected chi connectivity index (χ3v) is 4.47. The Morgan fingerprint density at radius 2 is 1.90 bits per heavy atom. The Morgan fingerprint density at radius 3 is 2.55 bits per heavy atom. The molecular weight excluding hydrogens is 372 g/mol. The Bertz CT molecular complexity index is 1140. The zero-order chi connectivity index (χ0) is 21.0. The van der Waals surface area contributed by atoms with E-state index >= 15 is 0 Å². The fraction of sp³-hybridized carbons (Fsp3) is 0.190. The first-order chi connectivity index (χ1) is 14.0. The Hall–Kier alpha value is -3.99. The van der Waals surface area contributed by atoms with Crippen molar-refractivity contribution in [3.8, 4) is 23.3 Å². The first-order valence-corrected chi connectivity index (χ1v) is 8.81. The number of carbonyl (C=O) groups excluding carboxylic acids is 1. The van der Waals surface area contributed by atoms with Gasteiger partial charge in [0.1, 0.15) is 5.69 Å². The van der Waals surface area contributed by atoms with E-state index in [0.29, 0.717) is 28.4 Å². The Kier molecular flexibility index (Phi) is 5.69. The number of anilines is 1. The molecule has 29 heavy (non-hydrogen) atoms. The summed E-state index contributed by atoms with van der Waals surface area (Å²) in [5.74, 6) is 0.190. The molecule has 3 aromatic rings. The summed E-state index contributed by atoms with van der Waals surface area (Å²) in [6, 6.07) is 15.8. The van der Waals surface area contributed by atoms with Gasteiger partial charge in [-0.2, -0.15) is 5.26 Å². The average molecular weight is 392 g/mol. The standard InChI is InChI=1S/C21H20N4O4/c1-14-20(21(27)25(24(14)2)16-7-5-4-6-8-16)23-19(26)13-29-17-10-9-15(12-22)11-18(17)28-3/h4-11H,13H2,1-3H3,(H,23,26). The van der Waals surface area contributed by atoms with Crippen molar-refractivity contribution in [2.24, 2.45) is 7.05 Å². The third-order valence-electron chi connectivity index (χ3n) is 4.47. The molecule has 0 spiro atoms. The minimum absolute atomic E-state index is 0.191. The summed E-state index contributed by atoms with van der Waals surface area (Å²) in [6.07, 6.45) is 0. The number of nitrogens with one attached hydrogen (secondary N) is 1. The molecule has 0 saturated carbocycles. The van der Waals surface area contributed by atoms with E-state index in [1.807, 2.05) is 36.4 Å². The normalized spacial score (nSPS) is 10.3. The highest BCUT2D eigenvalue weighted by atomic mass is 16.5. The van der Waals surface area contributed by atoms with Crippen molar-refractivity contribution >= 4 is 11.6 Å². The first-order valence-electron chi connectivity index (χ1n) is 8.81. The minimum atomic E-state index is -0.484. The lowest BCUT2D eigenvalue weighted by atomic mass is 10.2. The number of hydrogen-bond donors (Lipinski definition) is 1. The molecule has 8 nitrogen and oxygen atoms in total. The minimum Gasteiger partial charge on any atom is -0.493 e. The van der Waals surface area contributed by atoms with Gasteiger partial charge in [-0.05, 0) is 31.2 Å². The Labute approximate surface area is 167 Å². The van der Waals surface area contributed by atoms with Gasteiger partial charge in [0.05, 0.1) is 30.1 Å². The van der Waals surface area contributed by atoms with Gasteiger partial charge in [-0.25, -0.2) is 4.68 Å². The van der Waals surface area contributed by atoms with E-state index in [4.69, 9.17) is 14.7 Å². The summed E-state index contributed by atoms with van der Waals surface area (Å²) < 4.78 is 13.8. The van der Waals surface area contributed by atoms with E-state index in [0.717, 1.165) is 0 Å². The molecule has 1 amide bonds. The van der Waals surface area contributed by atoms with E-state index in [1.54, 1.807) is 30.8 Å². The van der Waals surface area contributed by atoms with Crippen LogP contribution in [0, 0.1) is 18.3 Å². The second-order valence-corrected chi connectivity index (χ2v) is 6.25. The maximum Gasteiger partial charge on any atom is 0.295 e. The monoisotopic (exact) mass is 392 g/mol. The van der Waals surface area contributed by atoms with Gasteiger partial charge in [-0.3, -0.25) is 14.3 Å². The van der Waals surface area contributed by atoms with Crippen molar-refractivity contribution in [2.75, 3.05) is 19.0 Å². The highest BCUT2D eigenvalue weighted by Crippen LogP contribution is 2.27. The summed E-state index contributed by atoms with van der Waals surface area (Å²) in [5.41, 5.74) is 1.59. The van der Waals surface area contributed by atoms with Gasteiger partial charge in [0, 0.05) is 13.1 Å². The quantitative estimate of drug-likeness (QED) is 0.695. The molecule has 0 aliphatic rings. The Balaban J connectivity index is 1.77. The molecule has 3 rings (SSSR count). The van der Waals surface area contributed by atoms with Crippen molar-refractivity contribution in [3.63, 3.8) is 0 Å². The number of aromatic nitrogens is 2. The van der Waals surface area contributed by atoms with Crippen LogP contribution < -0.4 is 20.3 Å². The maximum absolute atomic E-state index is 12.8. The summed E-state index contributed by atoms with van der Waals surface area (Å²) in [6.45, 7) is 1.43. The van der Waals surface area contributed by atoms with Gasteiger partial charge in [-0.1, -0.05) is 18.2 Å². The predicted molar refractivity (Wildman–Crippen MR) is 108 cm³/mol. The van der Waals surface area contributed by atoms with E-state index < -0.39 is 5.91 Å². The molecule has 8 heteroatoms. The molecule has 148 valence electrons. The van der Waals surface area contributed by atoms with E-state index in [2.05, 4.69) is 5.32 Å². The average Bonchev–Trinajstić information content (AvgIpc) is 2.95. The van der Waals surface area contributed by atoms with Gasteiger partial charge in [0.25, 0.3) is 11.5 Å². The highest BCUT2D eigenvalue weighted by molar-refractivity contribution is 5.92.